The number of carbonyl (C=O) groups excluding carboxylic acids is 1. The van der Waals surface area contributed by atoms with E-state index in [0.29, 0.717) is 22.6 Å². The van der Waals surface area contributed by atoms with Crippen molar-refractivity contribution in [3.05, 3.63) is 107 Å². The van der Waals surface area contributed by atoms with E-state index in [1.54, 1.807) is 6.21 Å². The van der Waals surface area contributed by atoms with E-state index < -0.39 is 0 Å². The number of rotatable bonds is 10. The molecular formula is C30H27BrN2O4. The van der Waals surface area contributed by atoms with Gasteiger partial charge in [0.15, 0.2) is 18.1 Å². The van der Waals surface area contributed by atoms with Crippen LogP contribution in [-0.2, 0) is 4.79 Å². The van der Waals surface area contributed by atoms with Gasteiger partial charge in [-0.1, -0.05) is 30.3 Å². The standard InChI is InChI=1S/C30H27BrN2O4/c1-3-35-28-18-22(19-32-23-12-14-26(15-13-23)37-25-10-5-4-6-11-25)17-27(31)30(28)36-20-29(34)33-24-9-7-8-21(2)16-24/h4-19H,3,20H2,1-2H3,(H,33,34). The van der Waals surface area contributed by atoms with E-state index in [1.807, 2.05) is 105 Å². The molecule has 0 aliphatic heterocycles. The normalized spacial score (nSPS) is 10.8. The summed E-state index contributed by atoms with van der Waals surface area (Å²) in [6.45, 7) is 4.15. The molecule has 0 bridgehead atoms. The van der Waals surface area contributed by atoms with E-state index in [2.05, 4.69) is 26.2 Å². The predicted molar refractivity (Wildman–Crippen MR) is 151 cm³/mol. The largest absolute Gasteiger partial charge is 0.490 e. The Morgan fingerprint density at radius 3 is 2.41 bits per heavy atom. The van der Waals surface area contributed by atoms with Crippen molar-refractivity contribution in [2.24, 2.45) is 4.99 Å². The number of benzene rings is 4. The molecule has 4 aromatic rings. The van der Waals surface area contributed by atoms with Gasteiger partial charge in [0.25, 0.3) is 5.91 Å². The van der Waals surface area contributed by atoms with E-state index in [9.17, 15) is 4.79 Å². The van der Waals surface area contributed by atoms with Crippen LogP contribution in [0.1, 0.15) is 18.1 Å². The highest BCUT2D eigenvalue weighted by atomic mass is 79.9. The van der Waals surface area contributed by atoms with Crippen LogP contribution < -0.4 is 19.5 Å². The summed E-state index contributed by atoms with van der Waals surface area (Å²) in [5, 5.41) is 2.84. The van der Waals surface area contributed by atoms with Crippen LogP contribution in [0.15, 0.2) is 100 Å². The van der Waals surface area contributed by atoms with Crippen LogP contribution in [0.2, 0.25) is 0 Å². The summed E-state index contributed by atoms with van der Waals surface area (Å²) in [7, 11) is 0. The summed E-state index contributed by atoms with van der Waals surface area (Å²) in [6.07, 6.45) is 1.74. The Balaban J connectivity index is 1.41. The molecular weight excluding hydrogens is 532 g/mol. The Kier molecular flexibility index (Phi) is 8.94. The topological polar surface area (TPSA) is 69.1 Å². The smallest absolute Gasteiger partial charge is 0.262 e. The van der Waals surface area contributed by atoms with Crippen molar-refractivity contribution >= 4 is 39.4 Å². The number of amides is 1. The van der Waals surface area contributed by atoms with Gasteiger partial charge in [-0.15, -0.1) is 0 Å². The fraction of sp³-hybridized carbons (Fsp3) is 0.133. The number of hydrogen-bond donors (Lipinski definition) is 1. The number of nitrogens with zero attached hydrogens (tertiary/aromatic N) is 1. The Bertz CT molecular complexity index is 1370. The van der Waals surface area contributed by atoms with Gasteiger partial charge in [0.2, 0.25) is 0 Å². The molecule has 0 aromatic heterocycles. The summed E-state index contributed by atoms with van der Waals surface area (Å²) in [6, 6.07) is 28.4. The molecule has 6 nitrogen and oxygen atoms in total. The molecule has 0 aliphatic rings. The number of aliphatic imine (C=N–C) groups is 1. The van der Waals surface area contributed by atoms with Crippen LogP contribution in [0.3, 0.4) is 0 Å². The number of nitrogens with one attached hydrogen (secondary N) is 1. The molecule has 1 amide bonds. The average molecular weight is 559 g/mol. The maximum absolute atomic E-state index is 12.4. The van der Waals surface area contributed by atoms with Crippen molar-refractivity contribution < 1.29 is 19.0 Å². The molecule has 0 saturated carbocycles. The molecule has 188 valence electrons. The highest BCUT2D eigenvalue weighted by molar-refractivity contribution is 9.10. The molecule has 0 fully saturated rings. The van der Waals surface area contributed by atoms with Gasteiger partial charge >= 0.3 is 0 Å². The van der Waals surface area contributed by atoms with Crippen LogP contribution >= 0.6 is 15.9 Å². The van der Waals surface area contributed by atoms with Gasteiger partial charge in [-0.25, -0.2) is 0 Å². The highest BCUT2D eigenvalue weighted by Crippen LogP contribution is 2.37. The highest BCUT2D eigenvalue weighted by Gasteiger charge is 2.14. The maximum atomic E-state index is 12.4. The lowest BCUT2D eigenvalue weighted by molar-refractivity contribution is -0.118. The third-order valence-electron chi connectivity index (χ3n) is 5.16. The van der Waals surface area contributed by atoms with Gasteiger partial charge in [-0.3, -0.25) is 9.79 Å². The van der Waals surface area contributed by atoms with Crippen molar-refractivity contribution in [3.63, 3.8) is 0 Å². The molecule has 0 aliphatic carbocycles. The summed E-state index contributed by atoms with van der Waals surface area (Å²) in [5.41, 5.74) is 3.39. The first kappa shape index (κ1) is 26.0. The quantitative estimate of drug-likeness (QED) is 0.202. The van der Waals surface area contributed by atoms with E-state index in [0.717, 1.165) is 34.0 Å². The number of halogens is 1. The van der Waals surface area contributed by atoms with Crippen LogP contribution in [0, 0.1) is 6.92 Å². The second-order valence-electron chi connectivity index (χ2n) is 8.14. The van der Waals surface area contributed by atoms with Crippen molar-refractivity contribution in [1.29, 1.82) is 0 Å². The summed E-state index contributed by atoms with van der Waals surface area (Å²) in [4.78, 5) is 17.0. The Morgan fingerprint density at radius 2 is 1.68 bits per heavy atom. The lowest BCUT2D eigenvalue weighted by Gasteiger charge is -2.14. The number of aryl methyl sites for hydroxylation is 1. The summed E-state index contributed by atoms with van der Waals surface area (Å²) >= 11 is 3.55. The van der Waals surface area contributed by atoms with E-state index in [-0.39, 0.29) is 12.5 Å². The summed E-state index contributed by atoms with van der Waals surface area (Å²) in [5.74, 6) is 2.24. The molecule has 0 radical (unpaired) electrons. The number of hydrogen-bond acceptors (Lipinski definition) is 5. The van der Waals surface area contributed by atoms with Crippen LogP contribution in [0.4, 0.5) is 11.4 Å². The van der Waals surface area contributed by atoms with Gasteiger partial charge in [0.1, 0.15) is 11.5 Å². The minimum Gasteiger partial charge on any atom is -0.490 e. The second-order valence-corrected chi connectivity index (χ2v) is 8.99. The molecule has 4 aromatic carbocycles. The SMILES string of the molecule is CCOc1cc(C=Nc2ccc(Oc3ccccc3)cc2)cc(Br)c1OCC(=O)Nc1cccc(C)c1. The van der Waals surface area contributed by atoms with E-state index >= 15 is 0 Å². The zero-order valence-electron chi connectivity index (χ0n) is 20.6. The average Bonchev–Trinajstić information content (AvgIpc) is 2.88. The third-order valence-corrected chi connectivity index (χ3v) is 5.75. The first-order valence-electron chi connectivity index (χ1n) is 11.8. The molecule has 37 heavy (non-hydrogen) atoms. The number of para-hydroxylation sites is 1. The monoisotopic (exact) mass is 558 g/mol. The molecule has 7 heteroatoms. The molecule has 0 heterocycles. The van der Waals surface area contributed by atoms with Crippen LogP contribution in [0.25, 0.3) is 0 Å². The van der Waals surface area contributed by atoms with Gasteiger partial charge in [0, 0.05) is 11.9 Å². The number of ether oxygens (including phenoxy) is 3. The van der Waals surface area contributed by atoms with Crippen LogP contribution in [0.5, 0.6) is 23.0 Å². The second kappa shape index (κ2) is 12.7. The van der Waals surface area contributed by atoms with Crippen molar-refractivity contribution in [2.45, 2.75) is 13.8 Å². The minimum absolute atomic E-state index is 0.155. The number of carbonyl (C=O) groups is 1. The molecule has 0 saturated heterocycles. The van der Waals surface area contributed by atoms with Crippen molar-refractivity contribution in [3.8, 4) is 23.0 Å². The molecule has 0 atom stereocenters. The zero-order chi connectivity index (χ0) is 26.0. The lowest BCUT2D eigenvalue weighted by atomic mass is 10.2. The van der Waals surface area contributed by atoms with Gasteiger partial charge in [-0.05, 0) is 102 Å². The van der Waals surface area contributed by atoms with Gasteiger partial charge in [0.05, 0.1) is 16.8 Å². The first-order chi connectivity index (χ1) is 18.0. The third kappa shape index (κ3) is 7.69. The maximum Gasteiger partial charge on any atom is 0.262 e. The van der Waals surface area contributed by atoms with Crippen molar-refractivity contribution in [2.75, 3.05) is 18.5 Å². The zero-order valence-corrected chi connectivity index (χ0v) is 22.2. The Labute approximate surface area is 225 Å². The van der Waals surface area contributed by atoms with E-state index in [1.165, 1.54) is 0 Å². The lowest BCUT2D eigenvalue weighted by Crippen LogP contribution is -2.20. The fourth-order valence-electron chi connectivity index (χ4n) is 3.50. The molecule has 1 N–H and O–H groups in total. The van der Waals surface area contributed by atoms with Gasteiger partial charge in [-0.2, -0.15) is 0 Å². The number of anilines is 1. The first-order valence-corrected chi connectivity index (χ1v) is 12.6. The van der Waals surface area contributed by atoms with Crippen LogP contribution in [-0.4, -0.2) is 25.3 Å². The van der Waals surface area contributed by atoms with Gasteiger partial charge < -0.3 is 19.5 Å². The summed E-state index contributed by atoms with van der Waals surface area (Å²) < 4.78 is 18.1. The van der Waals surface area contributed by atoms with E-state index in [4.69, 9.17) is 14.2 Å². The van der Waals surface area contributed by atoms with Crippen molar-refractivity contribution in [1.82, 2.24) is 0 Å². The molecule has 4 rings (SSSR count). The Morgan fingerprint density at radius 1 is 0.919 bits per heavy atom. The minimum atomic E-state index is -0.259. The fourth-order valence-corrected chi connectivity index (χ4v) is 4.07. The predicted octanol–water partition coefficient (Wildman–Crippen LogP) is 7.72. The molecule has 0 spiro atoms. The molecule has 0 unspecified atom stereocenters. The Hall–Kier alpha value is -4.10.